The molecule has 0 spiro atoms. The summed E-state index contributed by atoms with van der Waals surface area (Å²) >= 11 is 13.5. The molecule has 9 nitrogen and oxygen atoms in total. The summed E-state index contributed by atoms with van der Waals surface area (Å²) in [6.07, 6.45) is 0.589. The summed E-state index contributed by atoms with van der Waals surface area (Å²) in [5.41, 5.74) is 2.59. The molecule has 2 aromatic carbocycles. The van der Waals surface area contributed by atoms with Crippen LogP contribution in [0.5, 0.6) is 5.75 Å². The summed E-state index contributed by atoms with van der Waals surface area (Å²) in [6.45, 7) is 0.604. The Hall–Kier alpha value is -2.02. The Bertz CT molecular complexity index is 1310. The molecule has 0 atom stereocenters. The molecule has 0 bridgehead atoms. The second-order valence-corrected chi connectivity index (χ2v) is 11.9. The molecule has 1 fully saturated rings. The fourth-order valence-electron chi connectivity index (χ4n) is 3.77. The molecule has 0 saturated carbocycles. The molecule has 4 rings (SSSR count). The van der Waals surface area contributed by atoms with Crippen LogP contribution in [0.2, 0.25) is 10.0 Å². The Morgan fingerprint density at radius 3 is 2.60 bits per heavy atom. The molecule has 0 unspecified atom stereocenters. The first kappa shape index (κ1) is 26.1. The van der Waals surface area contributed by atoms with Gasteiger partial charge in [-0.2, -0.15) is 0 Å². The van der Waals surface area contributed by atoms with Crippen LogP contribution in [0.3, 0.4) is 0 Å². The topological polar surface area (TPSA) is 128 Å². The van der Waals surface area contributed by atoms with Gasteiger partial charge < -0.3 is 13.9 Å². The van der Waals surface area contributed by atoms with Gasteiger partial charge >= 0.3 is 0 Å². The Balaban J connectivity index is 1.32. The van der Waals surface area contributed by atoms with Gasteiger partial charge in [0.05, 0.1) is 16.5 Å². The highest BCUT2D eigenvalue weighted by molar-refractivity contribution is 7.99. The number of hydrogen-bond donors (Lipinski definition) is 2. The van der Waals surface area contributed by atoms with Gasteiger partial charge in [0.2, 0.25) is 0 Å². The number of nitrogens with one attached hydrogen (secondary N) is 1. The number of carbonyl (C=O) groups excluding carboxylic acids is 1. The lowest BCUT2D eigenvalue weighted by Gasteiger charge is -2.34. The molecule has 2 N–H and O–H groups in total. The molecule has 3 aromatic rings. The van der Waals surface area contributed by atoms with Crippen LogP contribution in [0.25, 0.3) is 11.1 Å². The predicted molar refractivity (Wildman–Crippen MR) is 131 cm³/mol. The maximum absolute atomic E-state index is 13.3. The van der Waals surface area contributed by atoms with Crippen LogP contribution < -0.4 is 10.2 Å². The summed E-state index contributed by atoms with van der Waals surface area (Å²) in [5, 5.41) is 10.5. The number of nitrogens with zero attached hydrogens (tertiary/aromatic N) is 1. The standard InChI is InChI=1S/C22H22Cl2N2O7S2/c23-14-12-17(24)19-18(13-14)33-21(25-19)34-11-1-8-32-15-2-4-16(5-3-15)35(29,30)22(20(27)26-28)6-9-31-10-7-22/h2-5,12-13,28H,1,6-11H2,(H,26,27). The third-order valence-electron chi connectivity index (χ3n) is 5.64. The average Bonchev–Trinajstić information content (AvgIpc) is 3.27. The van der Waals surface area contributed by atoms with Crippen molar-refractivity contribution in [1.29, 1.82) is 0 Å². The van der Waals surface area contributed by atoms with Crippen molar-refractivity contribution in [2.75, 3.05) is 25.6 Å². The minimum Gasteiger partial charge on any atom is -0.494 e. The number of halogens is 2. The highest BCUT2D eigenvalue weighted by Crippen LogP contribution is 2.36. The molecule has 1 saturated heterocycles. The van der Waals surface area contributed by atoms with Gasteiger partial charge in [0.25, 0.3) is 11.1 Å². The van der Waals surface area contributed by atoms with E-state index >= 15 is 0 Å². The van der Waals surface area contributed by atoms with Crippen LogP contribution in [0.15, 0.2) is 50.9 Å². The fourth-order valence-corrected chi connectivity index (χ4v) is 6.97. The first-order valence-electron chi connectivity index (χ1n) is 10.6. The van der Waals surface area contributed by atoms with E-state index in [0.29, 0.717) is 50.9 Å². The highest BCUT2D eigenvalue weighted by atomic mass is 35.5. The highest BCUT2D eigenvalue weighted by Gasteiger charge is 2.52. The van der Waals surface area contributed by atoms with Crippen molar-refractivity contribution in [3.63, 3.8) is 0 Å². The van der Waals surface area contributed by atoms with Gasteiger partial charge in [-0.05, 0) is 49.6 Å². The lowest BCUT2D eigenvalue weighted by molar-refractivity contribution is -0.134. The van der Waals surface area contributed by atoms with Crippen LogP contribution >= 0.6 is 35.0 Å². The smallest absolute Gasteiger partial charge is 0.265 e. The molecular weight excluding hydrogens is 539 g/mol. The number of rotatable bonds is 9. The SMILES string of the molecule is O=C(NO)C1(S(=O)(=O)c2ccc(OCCCSc3nc4c(Cl)cc(Cl)cc4o3)cc2)CCOCC1. The second kappa shape index (κ2) is 10.9. The van der Waals surface area contributed by atoms with E-state index in [1.54, 1.807) is 12.1 Å². The van der Waals surface area contributed by atoms with Crippen LogP contribution in [-0.2, 0) is 19.4 Å². The second-order valence-electron chi connectivity index (χ2n) is 7.79. The van der Waals surface area contributed by atoms with Crippen LogP contribution in [0.1, 0.15) is 19.3 Å². The zero-order valence-corrected chi connectivity index (χ0v) is 21.5. The van der Waals surface area contributed by atoms with E-state index in [1.807, 2.05) is 0 Å². The van der Waals surface area contributed by atoms with Crippen molar-refractivity contribution in [1.82, 2.24) is 10.5 Å². The number of carbonyl (C=O) groups is 1. The zero-order valence-electron chi connectivity index (χ0n) is 18.3. The van der Waals surface area contributed by atoms with Crippen LogP contribution in [0.4, 0.5) is 0 Å². The van der Waals surface area contributed by atoms with Crippen molar-refractivity contribution in [2.45, 2.75) is 34.1 Å². The van der Waals surface area contributed by atoms with Crippen LogP contribution in [0, 0.1) is 0 Å². The minimum absolute atomic E-state index is 0.0272. The zero-order chi connectivity index (χ0) is 25.1. The number of oxazole rings is 1. The van der Waals surface area contributed by atoms with Gasteiger partial charge in [-0.1, -0.05) is 35.0 Å². The molecule has 35 heavy (non-hydrogen) atoms. The van der Waals surface area contributed by atoms with E-state index in [4.69, 9.17) is 42.3 Å². The minimum atomic E-state index is -4.07. The molecule has 0 radical (unpaired) electrons. The van der Waals surface area contributed by atoms with E-state index in [1.165, 1.54) is 41.5 Å². The Morgan fingerprint density at radius 1 is 1.20 bits per heavy atom. The maximum Gasteiger partial charge on any atom is 0.265 e. The van der Waals surface area contributed by atoms with Crippen molar-refractivity contribution >= 4 is 61.8 Å². The molecule has 1 aliphatic heterocycles. The number of fused-ring (bicyclic) bond motifs is 1. The quantitative estimate of drug-likeness (QED) is 0.168. The number of amides is 1. The van der Waals surface area contributed by atoms with Gasteiger partial charge in [0.1, 0.15) is 11.3 Å². The first-order valence-corrected chi connectivity index (χ1v) is 13.9. The van der Waals surface area contributed by atoms with Gasteiger partial charge in [0, 0.05) is 30.1 Å². The molecular formula is C22H22Cl2N2O7S2. The largest absolute Gasteiger partial charge is 0.494 e. The summed E-state index contributed by atoms with van der Waals surface area (Å²) < 4.78 is 41.3. The number of hydroxylamine groups is 1. The van der Waals surface area contributed by atoms with Gasteiger partial charge in [-0.15, -0.1) is 0 Å². The van der Waals surface area contributed by atoms with Crippen molar-refractivity contribution in [3.05, 3.63) is 46.4 Å². The number of ether oxygens (including phenoxy) is 2. The number of thioether (sulfide) groups is 1. The summed E-state index contributed by atoms with van der Waals surface area (Å²) in [5.74, 6) is 0.207. The lowest BCUT2D eigenvalue weighted by Crippen LogP contribution is -2.54. The molecule has 1 aromatic heterocycles. The number of sulfone groups is 1. The van der Waals surface area contributed by atoms with Gasteiger partial charge in [-0.3, -0.25) is 10.0 Å². The molecule has 0 aliphatic carbocycles. The summed E-state index contributed by atoms with van der Waals surface area (Å²) in [6, 6.07) is 9.14. The van der Waals surface area contributed by atoms with Gasteiger partial charge in [0.15, 0.2) is 20.2 Å². The van der Waals surface area contributed by atoms with E-state index < -0.39 is 20.5 Å². The third-order valence-corrected chi connectivity index (χ3v) is 9.58. The summed E-state index contributed by atoms with van der Waals surface area (Å²) in [4.78, 5) is 16.7. The predicted octanol–water partition coefficient (Wildman–Crippen LogP) is 4.52. The lowest BCUT2D eigenvalue weighted by atomic mass is 9.98. The molecule has 13 heteroatoms. The Kier molecular flexibility index (Phi) is 8.14. The Morgan fingerprint density at radius 2 is 1.91 bits per heavy atom. The van der Waals surface area contributed by atoms with Crippen molar-refractivity contribution in [2.24, 2.45) is 0 Å². The third kappa shape index (κ3) is 5.40. The number of benzene rings is 2. The van der Waals surface area contributed by atoms with Crippen molar-refractivity contribution in [3.8, 4) is 5.75 Å². The molecule has 1 amide bonds. The summed E-state index contributed by atoms with van der Waals surface area (Å²) in [7, 11) is -4.07. The normalized spacial score (nSPS) is 15.7. The monoisotopic (exact) mass is 560 g/mol. The van der Waals surface area contributed by atoms with E-state index in [2.05, 4.69) is 4.98 Å². The maximum atomic E-state index is 13.3. The van der Waals surface area contributed by atoms with E-state index in [-0.39, 0.29) is 31.0 Å². The van der Waals surface area contributed by atoms with E-state index in [0.717, 1.165) is 0 Å². The van der Waals surface area contributed by atoms with E-state index in [9.17, 15) is 13.2 Å². The number of aromatic nitrogens is 1. The first-order chi connectivity index (χ1) is 16.8. The van der Waals surface area contributed by atoms with Gasteiger partial charge in [-0.25, -0.2) is 18.9 Å². The Labute approximate surface area is 216 Å². The molecule has 2 heterocycles. The van der Waals surface area contributed by atoms with Crippen LogP contribution in [-0.4, -0.2) is 54.8 Å². The molecule has 1 aliphatic rings. The van der Waals surface area contributed by atoms with Crippen molar-refractivity contribution < 1.29 is 32.3 Å². The fraction of sp³-hybridized carbons (Fsp3) is 0.364. The average molecular weight is 561 g/mol. The number of hydrogen-bond acceptors (Lipinski definition) is 9. The molecule has 188 valence electrons.